The Kier molecular flexibility index (Phi) is 4.32. The Morgan fingerprint density at radius 3 is 3.15 bits per heavy atom. The van der Waals surface area contributed by atoms with Gasteiger partial charge < -0.3 is 14.8 Å². The van der Waals surface area contributed by atoms with Crippen molar-refractivity contribution in [2.75, 3.05) is 38.2 Å². The maximum absolute atomic E-state index is 5.81. The number of nitrogens with one attached hydrogen (secondary N) is 1. The molecule has 110 valence electrons. The average molecular weight is 278 g/mol. The first-order valence-electron chi connectivity index (χ1n) is 7.39. The number of morpholine rings is 1. The maximum Gasteiger partial charge on any atom is 0.218 e. The lowest BCUT2D eigenvalue weighted by molar-refractivity contribution is -0.0241. The number of hydrogen-bond donors (Lipinski definition) is 1. The molecule has 0 radical (unpaired) electrons. The Morgan fingerprint density at radius 2 is 2.35 bits per heavy atom. The van der Waals surface area contributed by atoms with E-state index in [9.17, 15) is 0 Å². The molecule has 6 heteroatoms. The minimum Gasteiger partial charge on any atom is -0.478 e. The number of anilines is 1. The number of rotatable bonds is 6. The van der Waals surface area contributed by atoms with Crippen molar-refractivity contribution >= 4 is 5.82 Å². The third-order valence-corrected chi connectivity index (χ3v) is 3.68. The predicted molar refractivity (Wildman–Crippen MR) is 76.0 cm³/mol. The fourth-order valence-corrected chi connectivity index (χ4v) is 2.52. The normalized spacial score (nSPS) is 23.6. The number of hydrogen-bond acceptors (Lipinski definition) is 6. The van der Waals surface area contributed by atoms with E-state index in [4.69, 9.17) is 9.47 Å². The second-order valence-electron chi connectivity index (χ2n) is 5.27. The van der Waals surface area contributed by atoms with Crippen molar-refractivity contribution in [3.05, 3.63) is 12.4 Å². The first kappa shape index (κ1) is 13.6. The molecule has 2 heterocycles. The van der Waals surface area contributed by atoms with Gasteiger partial charge in [0, 0.05) is 31.7 Å². The fourth-order valence-electron chi connectivity index (χ4n) is 2.52. The second-order valence-corrected chi connectivity index (χ2v) is 5.27. The summed E-state index contributed by atoms with van der Waals surface area (Å²) in [4.78, 5) is 10.8. The number of aromatic nitrogens is 2. The molecule has 1 aromatic heterocycles. The highest BCUT2D eigenvalue weighted by molar-refractivity contribution is 5.37. The summed E-state index contributed by atoms with van der Waals surface area (Å²) in [5.74, 6) is 1.39. The summed E-state index contributed by atoms with van der Waals surface area (Å²) in [7, 11) is 0. The molecule has 20 heavy (non-hydrogen) atoms. The van der Waals surface area contributed by atoms with E-state index < -0.39 is 0 Å². The molecule has 1 aliphatic carbocycles. The van der Waals surface area contributed by atoms with Crippen molar-refractivity contribution in [3.63, 3.8) is 0 Å². The lowest BCUT2D eigenvalue weighted by Gasteiger charge is -2.33. The summed E-state index contributed by atoms with van der Waals surface area (Å²) in [5.41, 5.74) is 0. The molecular formula is C14H22N4O2. The third kappa shape index (κ3) is 3.58. The molecule has 1 aliphatic heterocycles. The third-order valence-electron chi connectivity index (χ3n) is 3.68. The largest absolute Gasteiger partial charge is 0.478 e. The number of nitrogens with zero attached hydrogens (tertiary/aromatic N) is 3. The average Bonchev–Trinajstić information content (AvgIpc) is 3.31. The second kappa shape index (κ2) is 6.37. The Balaban J connectivity index is 1.49. The molecule has 2 fully saturated rings. The van der Waals surface area contributed by atoms with Crippen LogP contribution in [0.5, 0.6) is 5.88 Å². The Bertz CT molecular complexity index is 439. The van der Waals surface area contributed by atoms with E-state index in [1.54, 1.807) is 0 Å². The van der Waals surface area contributed by atoms with E-state index in [0.717, 1.165) is 38.1 Å². The molecule has 0 aromatic carbocycles. The quantitative estimate of drug-likeness (QED) is 0.842. The van der Waals surface area contributed by atoms with E-state index in [2.05, 4.69) is 20.2 Å². The van der Waals surface area contributed by atoms with Crippen LogP contribution in [0.2, 0.25) is 0 Å². The van der Waals surface area contributed by atoms with Crippen LogP contribution < -0.4 is 10.1 Å². The van der Waals surface area contributed by atoms with Gasteiger partial charge in [-0.1, -0.05) is 0 Å². The van der Waals surface area contributed by atoms with Crippen LogP contribution in [0.1, 0.15) is 19.8 Å². The van der Waals surface area contributed by atoms with Gasteiger partial charge in [-0.2, -0.15) is 0 Å². The highest BCUT2D eigenvalue weighted by Gasteiger charge is 2.32. The van der Waals surface area contributed by atoms with Crippen molar-refractivity contribution in [1.29, 1.82) is 0 Å². The fraction of sp³-hybridized carbons (Fsp3) is 0.714. The van der Waals surface area contributed by atoms with Gasteiger partial charge in [0.05, 0.1) is 19.3 Å². The smallest absolute Gasteiger partial charge is 0.218 e. The SMILES string of the molecule is CCOc1cc(NCC2CN(C3CC3)CCO2)ncn1. The minimum absolute atomic E-state index is 0.231. The lowest BCUT2D eigenvalue weighted by Crippen LogP contribution is -2.46. The van der Waals surface area contributed by atoms with Crippen LogP contribution in [0, 0.1) is 0 Å². The first-order chi connectivity index (χ1) is 9.85. The first-order valence-corrected chi connectivity index (χ1v) is 7.39. The van der Waals surface area contributed by atoms with Gasteiger partial charge in [-0.25, -0.2) is 9.97 Å². The van der Waals surface area contributed by atoms with E-state index in [1.807, 2.05) is 13.0 Å². The van der Waals surface area contributed by atoms with E-state index >= 15 is 0 Å². The molecule has 1 N–H and O–H groups in total. The van der Waals surface area contributed by atoms with Gasteiger partial charge in [0.15, 0.2) is 0 Å². The van der Waals surface area contributed by atoms with Crippen molar-refractivity contribution in [2.45, 2.75) is 31.9 Å². The van der Waals surface area contributed by atoms with Crippen LogP contribution in [0.25, 0.3) is 0 Å². The van der Waals surface area contributed by atoms with Crippen LogP contribution >= 0.6 is 0 Å². The van der Waals surface area contributed by atoms with Crippen molar-refractivity contribution < 1.29 is 9.47 Å². The zero-order chi connectivity index (χ0) is 13.8. The summed E-state index contributed by atoms with van der Waals surface area (Å²) in [6.07, 6.45) is 4.45. The topological polar surface area (TPSA) is 59.5 Å². The molecule has 1 aromatic rings. The van der Waals surface area contributed by atoms with Crippen molar-refractivity contribution in [1.82, 2.24) is 14.9 Å². The molecule has 0 amide bonds. The molecule has 1 saturated carbocycles. The standard InChI is InChI=1S/C14H22N4O2/c1-2-19-14-7-13(16-10-17-14)15-8-12-9-18(5-6-20-12)11-3-4-11/h7,10-12H,2-6,8-9H2,1H3,(H,15,16,17). The van der Waals surface area contributed by atoms with Crippen LogP contribution in [0.3, 0.4) is 0 Å². The lowest BCUT2D eigenvalue weighted by atomic mass is 10.2. The van der Waals surface area contributed by atoms with Crippen LogP contribution in [0.15, 0.2) is 12.4 Å². The van der Waals surface area contributed by atoms with Gasteiger partial charge in [-0.3, -0.25) is 4.90 Å². The summed E-state index contributed by atoms with van der Waals surface area (Å²) < 4.78 is 11.2. The van der Waals surface area contributed by atoms with Gasteiger partial charge in [-0.05, 0) is 19.8 Å². The van der Waals surface area contributed by atoms with E-state index in [1.165, 1.54) is 19.2 Å². The Labute approximate surface area is 119 Å². The molecule has 1 saturated heterocycles. The van der Waals surface area contributed by atoms with Gasteiger partial charge in [0.1, 0.15) is 12.1 Å². The Hall–Kier alpha value is -1.40. The Morgan fingerprint density at radius 1 is 1.45 bits per heavy atom. The van der Waals surface area contributed by atoms with Crippen molar-refractivity contribution in [2.24, 2.45) is 0 Å². The molecule has 1 unspecified atom stereocenters. The summed E-state index contributed by atoms with van der Waals surface area (Å²) >= 11 is 0. The zero-order valence-electron chi connectivity index (χ0n) is 11.9. The summed E-state index contributed by atoms with van der Waals surface area (Å²) in [6, 6.07) is 2.63. The molecule has 6 nitrogen and oxygen atoms in total. The van der Waals surface area contributed by atoms with Crippen molar-refractivity contribution in [3.8, 4) is 5.88 Å². The monoisotopic (exact) mass is 278 g/mol. The highest BCUT2D eigenvalue weighted by Crippen LogP contribution is 2.28. The minimum atomic E-state index is 0.231. The highest BCUT2D eigenvalue weighted by atomic mass is 16.5. The molecule has 0 bridgehead atoms. The van der Waals surface area contributed by atoms with E-state index in [-0.39, 0.29) is 6.10 Å². The molecule has 1 atom stereocenters. The number of ether oxygens (including phenoxy) is 2. The molecule has 2 aliphatic rings. The van der Waals surface area contributed by atoms with E-state index in [0.29, 0.717) is 12.5 Å². The predicted octanol–water partition coefficient (Wildman–Crippen LogP) is 1.15. The molecule has 0 spiro atoms. The van der Waals surface area contributed by atoms with Gasteiger partial charge in [0.2, 0.25) is 5.88 Å². The zero-order valence-corrected chi connectivity index (χ0v) is 11.9. The van der Waals surface area contributed by atoms with Crippen LogP contribution in [0.4, 0.5) is 5.82 Å². The summed E-state index contributed by atoms with van der Waals surface area (Å²) in [5, 5.41) is 3.31. The van der Waals surface area contributed by atoms with Gasteiger partial charge in [-0.15, -0.1) is 0 Å². The van der Waals surface area contributed by atoms with Crippen LogP contribution in [-0.4, -0.2) is 59.9 Å². The molecular weight excluding hydrogens is 256 g/mol. The van der Waals surface area contributed by atoms with Gasteiger partial charge >= 0.3 is 0 Å². The maximum atomic E-state index is 5.81. The summed E-state index contributed by atoms with van der Waals surface area (Å²) in [6.45, 7) is 6.24. The molecule has 3 rings (SSSR count). The van der Waals surface area contributed by atoms with Gasteiger partial charge in [0.25, 0.3) is 0 Å². The van der Waals surface area contributed by atoms with Crippen LogP contribution in [-0.2, 0) is 4.74 Å².